The number of anilines is 1. The fourth-order valence-corrected chi connectivity index (χ4v) is 4.68. The number of carbonyl (C=O) groups excluding carboxylic acids is 3. The van der Waals surface area contributed by atoms with E-state index in [0.717, 1.165) is 11.5 Å². The number of aryl methyl sites for hydroxylation is 1. The van der Waals surface area contributed by atoms with E-state index >= 15 is 0 Å². The Morgan fingerprint density at radius 1 is 1.14 bits per heavy atom. The van der Waals surface area contributed by atoms with E-state index in [0.29, 0.717) is 52.8 Å². The van der Waals surface area contributed by atoms with Gasteiger partial charge in [0.2, 0.25) is 11.0 Å². The summed E-state index contributed by atoms with van der Waals surface area (Å²) >= 11 is 3.47. The lowest BCUT2D eigenvalue weighted by Crippen LogP contribution is -2.51. The highest BCUT2D eigenvalue weighted by Crippen LogP contribution is 2.26. The minimum Gasteiger partial charge on any atom is -0.450 e. The number of hydrogen-bond acceptors (Lipinski definition) is 11. The molecule has 2 aromatic rings. The van der Waals surface area contributed by atoms with Crippen LogP contribution in [0, 0.1) is 6.92 Å². The fraction of sp³-hybridized carbons (Fsp3) is 0.533. The summed E-state index contributed by atoms with van der Waals surface area (Å²) in [5.41, 5.74) is 0.556. The van der Waals surface area contributed by atoms with E-state index in [9.17, 15) is 14.4 Å². The van der Waals surface area contributed by atoms with Crippen molar-refractivity contribution in [2.24, 2.45) is 0 Å². The Labute approximate surface area is 179 Å². The average Bonchev–Trinajstić information content (AvgIpc) is 3.35. The van der Waals surface area contributed by atoms with Crippen LogP contribution in [0.3, 0.4) is 0 Å². The summed E-state index contributed by atoms with van der Waals surface area (Å²) in [4.78, 5) is 40.0. The Balaban J connectivity index is 1.44. The van der Waals surface area contributed by atoms with Crippen LogP contribution in [0.5, 0.6) is 0 Å². The second kappa shape index (κ2) is 9.93. The van der Waals surface area contributed by atoms with Crippen molar-refractivity contribution in [3.8, 4) is 0 Å². The van der Waals surface area contributed by atoms with Crippen LogP contribution >= 0.6 is 34.6 Å². The van der Waals surface area contributed by atoms with Crippen LogP contribution in [0.2, 0.25) is 0 Å². The standard InChI is InChI=1S/C15H19N7O4S3/c1-3-26-15(25)22-6-4-21(5-7-22)10(23)8-27-14-19-18-13(28-14)16-12(24)11-9(2)17-20-29-11/h3-8H2,1-2H3,(H,16,18,24). The van der Waals surface area contributed by atoms with Crippen LogP contribution in [-0.2, 0) is 9.53 Å². The molecular weight excluding hydrogens is 438 g/mol. The highest BCUT2D eigenvalue weighted by molar-refractivity contribution is 8.01. The van der Waals surface area contributed by atoms with E-state index in [1.54, 1.807) is 23.6 Å². The first-order valence-corrected chi connectivity index (χ1v) is 11.3. The van der Waals surface area contributed by atoms with Crippen LogP contribution in [0.1, 0.15) is 22.3 Å². The zero-order valence-corrected chi connectivity index (χ0v) is 18.2. The van der Waals surface area contributed by atoms with Gasteiger partial charge in [0.25, 0.3) is 5.91 Å². The highest BCUT2D eigenvalue weighted by Gasteiger charge is 2.25. The SMILES string of the molecule is CCOC(=O)N1CCN(C(=O)CSc2nnc(NC(=O)c3snnc3C)s2)CC1. The molecule has 2 aromatic heterocycles. The first kappa shape index (κ1) is 21.4. The van der Waals surface area contributed by atoms with Crippen molar-refractivity contribution >= 4 is 57.7 Å². The minimum atomic E-state index is -0.346. The molecule has 0 atom stereocenters. The Morgan fingerprint density at radius 3 is 2.52 bits per heavy atom. The van der Waals surface area contributed by atoms with Gasteiger partial charge in [0, 0.05) is 26.2 Å². The number of aromatic nitrogens is 4. The molecule has 1 saturated heterocycles. The summed E-state index contributed by atoms with van der Waals surface area (Å²) in [6.45, 7) is 5.65. The molecule has 0 bridgehead atoms. The number of thioether (sulfide) groups is 1. The number of hydrogen-bond donors (Lipinski definition) is 1. The lowest BCUT2D eigenvalue weighted by Gasteiger charge is -2.33. The van der Waals surface area contributed by atoms with Crippen LogP contribution < -0.4 is 5.32 Å². The van der Waals surface area contributed by atoms with Gasteiger partial charge in [-0.05, 0) is 25.4 Å². The van der Waals surface area contributed by atoms with Crippen LogP contribution in [0.4, 0.5) is 9.93 Å². The van der Waals surface area contributed by atoms with Gasteiger partial charge in [-0.25, -0.2) is 4.79 Å². The molecule has 0 radical (unpaired) electrons. The van der Waals surface area contributed by atoms with Gasteiger partial charge in [-0.1, -0.05) is 27.6 Å². The van der Waals surface area contributed by atoms with Gasteiger partial charge in [-0.15, -0.1) is 15.3 Å². The first-order valence-electron chi connectivity index (χ1n) is 8.74. The molecule has 0 unspecified atom stereocenters. The van der Waals surface area contributed by atoms with Crippen LogP contribution in [0.15, 0.2) is 4.34 Å². The summed E-state index contributed by atoms with van der Waals surface area (Å²) < 4.78 is 9.28. The Morgan fingerprint density at radius 2 is 1.86 bits per heavy atom. The number of carbonyl (C=O) groups is 3. The second-order valence-corrected chi connectivity index (χ2v) is 8.82. The van der Waals surface area contributed by atoms with Crippen molar-refractivity contribution in [2.75, 3.05) is 43.9 Å². The molecule has 3 heterocycles. The molecule has 11 nitrogen and oxygen atoms in total. The van der Waals surface area contributed by atoms with E-state index in [1.807, 2.05) is 0 Å². The summed E-state index contributed by atoms with van der Waals surface area (Å²) in [6, 6.07) is 0. The van der Waals surface area contributed by atoms with Crippen LogP contribution in [0.25, 0.3) is 0 Å². The van der Waals surface area contributed by atoms with E-state index in [1.165, 1.54) is 23.1 Å². The Kier molecular flexibility index (Phi) is 7.33. The van der Waals surface area contributed by atoms with E-state index in [-0.39, 0.29) is 23.7 Å². The number of amides is 3. The third-order valence-corrected chi connectivity index (χ3v) is 6.75. The Hall–Kier alpha value is -2.32. The normalized spacial score (nSPS) is 14.0. The predicted molar refractivity (Wildman–Crippen MR) is 108 cm³/mol. The van der Waals surface area contributed by atoms with Crippen molar-refractivity contribution in [1.82, 2.24) is 29.6 Å². The van der Waals surface area contributed by atoms with E-state index in [4.69, 9.17) is 4.74 Å². The van der Waals surface area contributed by atoms with E-state index in [2.05, 4.69) is 25.1 Å². The summed E-state index contributed by atoms with van der Waals surface area (Å²) in [5, 5.41) is 14.7. The van der Waals surface area contributed by atoms with Crippen molar-refractivity contribution in [2.45, 2.75) is 18.2 Å². The minimum absolute atomic E-state index is 0.0364. The van der Waals surface area contributed by atoms with Crippen molar-refractivity contribution in [3.63, 3.8) is 0 Å². The third-order valence-electron chi connectivity index (χ3n) is 3.96. The molecule has 3 rings (SSSR count). The molecule has 14 heteroatoms. The van der Waals surface area contributed by atoms with Gasteiger partial charge in [-0.3, -0.25) is 14.9 Å². The molecule has 3 amide bonds. The Bertz CT molecular complexity index is 879. The molecule has 0 saturated carbocycles. The number of nitrogens with zero attached hydrogens (tertiary/aromatic N) is 6. The molecule has 0 spiro atoms. The zero-order valence-electron chi connectivity index (χ0n) is 15.8. The highest BCUT2D eigenvalue weighted by atomic mass is 32.2. The fourth-order valence-electron chi connectivity index (χ4n) is 2.48. The first-order chi connectivity index (χ1) is 14.0. The van der Waals surface area contributed by atoms with Crippen molar-refractivity contribution < 1.29 is 19.1 Å². The molecule has 0 aromatic carbocycles. The second-order valence-electron chi connectivity index (χ2n) is 5.87. The molecule has 0 aliphatic carbocycles. The van der Waals surface area contributed by atoms with E-state index < -0.39 is 0 Å². The smallest absolute Gasteiger partial charge is 0.409 e. The van der Waals surface area contributed by atoms with Gasteiger partial charge < -0.3 is 14.5 Å². The monoisotopic (exact) mass is 457 g/mol. The maximum atomic E-state index is 12.4. The number of nitrogens with one attached hydrogen (secondary N) is 1. The molecule has 156 valence electrons. The van der Waals surface area contributed by atoms with Gasteiger partial charge in [0.1, 0.15) is 4.88 Å². The molecule has 29 heavy (non-hydrogen) atoms. The number of rotatable bonds is 6. The third kappa shape index (κ3) is 5.61. The summed E-state index contributed by atoms with van der Waals surface area (Å²) in [6.07, 6.45) is -0.346. The quantitative estimate of drug-likeness (QED) is 0.504. The molecule has 1 aliphatic heterocycles. The molecule has 1 aliphatic rings. The molecular formula is C15H19N7O4S3. The maximum Gasteiger partial charge on any atom is 0.409 e. The molecule has 1 N–H and O–H groups in total. The zero-order chi connectivity index (χ0) is 20.8. The summed E-state index contributed by atoms with van der Waals surface area (Å²) in [7, 11) is 0. The number of ether oxygens (including phenoxy) is 1. The molecule has 1 fully saturated rings. The van der Waals surface area contributed by atoms with Gasteiger partial charge in [0.15, 0.2) is 4.34 Å². The van der Waals surface area contributed by atoms with Gasteiger partial charge >= 0.3 is 6.09 Å². The largest absolute Gasteiger partial charge is 0.450 e. The predicted octanol–water partition coefficient (Wildman–Crippen LogP) is 1.34. The van der Waals surface area contributed by atoms with Crippen molar-refractivity contribution in [3.05, 3.63) is 10.6 Å². The average molecular weight is 458 g/mol. The van der Waals surface area contributed by atoms with Crippen LogP contribution in [-0.4, -0.2) is 86.0 Å². The van der Waals surface area contributed by atoms with Crippen molar-refractivity contribution in [1.29, 1.82) is 0 Å². The lowest BCUT2D eigenvalue weighted by molar-refractivity contribution is -0.129. The van der Waals surface area contributed by atoms with Gasteiger partial charge in [0.05, 0.1) is 18.1 Å². The lowest BCUT2D eigenvalue weighted by atomic mass is 10.3. The summed E-state index contributed by atoms with van der Waals surface area (Å²) in [5.74, 6) is -0.161. The number of piperazine rings is 1. The van der Waals surface area contributed by atoms with Gasteiger partial charge in [-0.2, -0.15) is 0 Å². The topological polar surface area (TPSA) is 131 Å². The maximum absolute atomic E-state index is 12.4.